The first-order chi connectivity index (χ1) is 16.9. The Morgan fingerprint density at radius 2 is 1.71 bits per heavy atom. The minimum absolute atomic E-state index is 0.0300. The van der Waals surface area contributed by atoms with Gasteiger partial charge in [-0.1, -0.05) is 37.3 Å². The third-order valence-corrected chi connectivity index (χ3v) is 6.15. The molecule has 1 amide bonds. The molecule has 35 heavy (non-hydrogen) atoms. The molecule has 1 aromatic heterocycles. The SMILES string of the molecule is CCc1nc(C)nc(N2CCN(C(=O)/C=C/c3ccc([N+](=O)[O-])cc3)CC2)c1Cc1ccccc1. The molecule has 0 atom stereocenters. The molecule has 8 nitrogen and oxygen atoms in total. The number of carbonyl (C=O) groups excluding carboxylic acids is 1. The summed E-state index contributed by atoms with van der Waals surface area (Å²) >= 11 is 0. The van der Waals surface area contributed by atoms with Crippen molar-refractivity contribution in [3.63, 3.8) is 0 Å². The van der Waals surface area contributed by atoms with E-state index >= 15 is 0 Å². The van der Waals surface area contributed by atoms with Gasteiger partial charge in [0.05, 0.1) is 4.92 Å². The number of benzene rings is 2. The average molecular weight is 472 g/mol. The van der Waals surface area contributed by atoms with E-state index in [-0.39, 0.29) is 11.6 Å². The van der Waals surface area contributed by atoms with Crippen LogP contribution in [-0.4, -0.2) is 51.9 Å². The normalized spacial score (nSPS) is 13.9. The maximum absolute atomic E-state index is 12.7. The van der Waals surface area contributed by atoms with Crippen molar-refractivity contribution < 1.29 is 9.72 Å². The van der Waals surface area contributed by atoms with E-state index in [4.69, 9.17) is 9.97 Å². The second-order valence-corrected chi connectivity index (χ2v) is 8.53. The first-order valence-corrected chi connectivity index (χ1v) is 11.8. The molecule has 8 heteroatoms. The molecule has 0 bridgehead atoms. The molecule has 4 rings (SSSR count). The minimum atomic E-state index is -0.438. The van der Waals surface area contributed by atoms with Crippen LogP contribution in [0.5, 0.6) is 0 Å². The largest absolute Gasteiger partial charge is 0.353 e. The summed E-state index contributed by atoms with van der Waals surface area (Å²) in [5, 5.41) is 10.8. The number of aromatic nitrogens is 2. The predicted octanol–water partition coefficient (Wildman–Crippen LogP) is 4.21. The number of hydrogen-bond donors (Lipinski definition) is 0. The molecule has 1 fully saturated rings. The minimum Gasteiger partial charge on any atom is -0.353 e. The summed E-state index contributed by atoms with van der Waals surface area (Å²) in [6, 6.07) is 16.5. The van der Waals surface area contributed by atoms with Crippen molar-refractivity contribution in [2.24, 2.45) is 0 Å². The van der Waals surface area contributed by atoms with E-state index in [2.05, 4.69) is 24.0 Å². The highest BCUT2D eigenvalue weighted by Crippen LogP contribution is 2.26. The summed E-state index contributed by atoms with van der Waals surface area (Å²) in [4.78, 5) is 36.7. The summed E-state index contributed by atoms with van der Waals surface area (Å²) in [5.41, 5.74) is 4.23. The second kappa shape index (κ2) is 10.9. The number of nitrogens with zero attached hydrogens (tertiary/aromatic N) is 5. The zero-order valence-corrected chi connectivity index (χ0v) is 20.1. The van der Waals surface area contributed by atoms with Gasteiger partial charge in [-0.15, -0.1) is 0 Å². The summed E-state index contributed by atoms with van der Waals surface area (Å²) < 4.78 is 0. The fourth-order valence-electron chi connectivity index (χ4n) is 4.29. The summed E-state index contributed by atoms with van der Waals surface area (Å²) in [6.45, 7) is 6.63. The Morgan fingerprint density at radius 1 is 1.03 bits per heavy atom. The molecular formula is C27H29N5O3. The third-order valence-electron chi connectivity index (χ3n) is 6.15. The first kappa shape index (κ1) is 24.1. The molecule has 2 aromatic carbocycles. The highest BCUT2D eigenvalue weighted by atomic mass is 16.6. The topological polar surface area (TPSA) is 92.5 Å². The van der Waals surface area contributed by atoms with E-state index in [1.807, 2.05) is 30.0 Å². The van der Waals surface area contributed by atoms with Gasteiger partial charge in [-0.05, 0) is 42.7 Å². The number of nitro benzene ring substituents is 1. The number of non-ortho nitro benzene ring substituents is 1. The molecule has 1 aliphatic rings. The molecule has 3 aromatic rings. The number of aryl methyl sites for hydroxylation is 2. The lowest BCUT2D eigenvalue weighted by Gasteiger charge is -2.36. The Balaban J connectivity index is 1.44. The van der Waals surface area contributed by atoms with Gasteiger partial charge in [-0.3, -0.25) is 14.9 Å². The predicted molar refractivity (Wildman–Crippen MR) is 136 cm³/mol. The van der Waals surface area contributed by atoms with Crippen LogP contribution in [-0.2, 0) is 17.6 Å². The number of piperazine rings is 1. The lowest BCUT2D eigenvalue weighted by atomic mass is 10.0. The molecule has 0 spiro atoms. The molecule has 1 aliphatic heterocycles. The van der Waals surface area contributed by atoms with E-state index in [1.165, 1.54) is 23.8 Å². The smallest absolute Gasteiger partial charge is 0.269 e. The van der Waals surface area contributed by atoms with Crippen LogP contribution in [0.3, 0.4) is 0 Å². The van der Waals surface area contributed by atoms with Gasteiger partial charge in [-0.25, -0.2) is 9.97 Å². The zero-order valence-electron chi connectivity index (χ0n) is 20.1. The summed E-state index contributed by atoms with van der Waals surface area (Å²) in [7, 11) is 0. The van der Waals surface area contributed by atoms with Gasteiger partial charge in [0.1, 0.15) is 11.6 Å². The number of carbonyl (C=O) groups is 1. The molecule has 1 saturated heterocycles. The van der Waals surface area contributed by atoms with Crippen LogP contribution < -0.4 is 4.90 Å². The van der Waals surface area contributed by atoms with Gasteiger partial charge in [0, 0.05) is 62.1 Å². The number of rotatable bonds is 7. The van der Waals surface area contributed by atoms with E-state index in [0.29, 0.717) is 26.2 Å². The third kappa shape index (κ3) is 5.90. The molecule has 0 unspecified atom stereocenters. The summed E-state index contributed by atoms with van der Waals surface area (Å²) in [5.74, 6) is 1.66. The second-order valence-electron chi connectivity index (χ2n) is 8.53. The Morgan fingerprint density at radius 3 is 2.34 bits per heavy atom. The van der Waals surface area contributed by atoms with Gasteiger partial charge in [0.25, 0.3) is 5.69 Å². The molecule has 180 valence electrons. The van der Waals surface area contributed by atoms with Gasteiger partial charge in [0.15, 0.2) is 0 Å². The van der Waals surface area contributed by atoms with Crippen LogP contribution in [0.25, 0.3) is 6.08 Å². The van der Waals surface area contributed by atoms with Gasteiger partial charge >= 0.3 is 0 Å². The Bertz CT molecular complexity index is 1220. The number of anilines is 1. The monoisotopic (exact) mass is 471 g/mol. The Labute approximate surface area is 205 Å². The number of nitro groups is 1. The van der Waals surface area contributed by atoms with Crippen LogP contribution in [0.15, 0.2) is 60.7 Å². The van der Waals surface area contributed by atoms with Crippen LogP contribution in [0.1, 0.15) is 35.1 Å². The van der Waals surface area contributed by atoms with Crippen LogP contribution >= 0.6 is 0 Å². The Kier molecular flexibility index (Phi) is 7.50. The van der Waals surface area contributed by atoms with Crippen LogP contribution in [0.2, 0.25) is 0 Å². The van der Waals surface area contributed by atoms with Gasteiger partial charge in [0.2, 0.25) is 5.91 Å². The van der Waals surface area contributed by atoms with E-state index in [1.54, 1.807) is 18.2 Å². The van der Waals surface area contributed by atoms with Crippen LogP contribution in [0, 0.1) is 17.0 Å². The van der Waals surface area contributed by atoms with Crippen molar-refractivity contribution in [3.05, 3.63) is 99.0 Å². The van der Waals surface area contributed by atoms with Crippen molar-refractivity contribution in [2.45, 2.75) is 26.7 Å². The van der Waals surface area contributed by atoms with Crippen molar-refractivity contribution >= 4 is 23.5 Å². The fraction of sp³-hybridized carbons (Fsp3) is 0.296. The molecule has 0 aliphatic carbocycles. The first-order valence-electron chi connectivity index (χ1n) is 11.8. The lowest BCUT2D eigenvalue weighted by molar-refractivity contribution is -0.384. The molecule has 2 heterocycles. The molecule has 0 radical (unpaired) electrons. The number of amides is 1. The van der Waals surface area contributed by atoms with Crippen molar-refractivity contribution in [1.29, 1.82) is 0 Å². The van der Waals surface area contributed by atoms with Crippen molar-refractivity contribution in [1.82, 2.24) is 14.9 Å². The molecule has 0 saturated carbocycles. The van der Waals surface area contributed by atoms with E-state index in [9.17, 15) is 14.9 Å². The van der Waals surface area contributed by atoms with E-state index < -0.39 is 4.92 Å². The highest BCUT2D eigenvalue weighted by Gasteiger charge is 2.24. The van der Waals surface area contributed by atoms with Crippen molar-refractivity contribution in [3.8, 4) is 0 Å². The highest BCUT2D eigenvalue weighted by molar-refractivity contribution is 5.92. The van der Waals surface area contributed by atoms with Gasteiger partial charge < -0.3 is 9.80 Å². The summed E-state index contributed by atoms with van der Waals surface area (Å²) in [6.07, 6.45) is 4.83. The van der Waals surface area contributed by atoms with Gasteiger partial charge in [-0.2, -0.15) is 0 Å². The molecule has 0 N–H and O–H groups in total. The van der Waals surface area contributed by atoms with Crippen LogP contribution in [0.4, 0.5) is 11.5 Å². The number of hydrogen-bond acceptors (Lipinski definition) is 6. The standard InChI is InChI=1S/C27H29N5O3/c1-3-25-24(19-22-7-5-4-6-8-22)27(29-20(2)28-25)31-17-15-30(16-18-31)26(33)14-11-21-9-12-23(13-10-21)32(34)35/h4-14H,3,15-19H2,1-2H3/b14-11+. The quantitative estimate of drug-likeness (QED) is 0.291. The zero-order chi connectivity index (χ0) is 24.8. The maximum Gasteiger partial charge on any atom is 0.269 e. The lowest BCUT2D eigenvalue weighted by Crippen LogP contribution is -2.49. The Hall–Kier alpha value is -4.07. The van der Waals surface area contributed by atoms with E-state index in [0.717, 1.165) is 41.3 Å². The van der Waals surface area contributed by atoms with Crippen molar-refractivity contribution in [2.75, 3.05) is 31.1 Å². The fourth-order valence-corrected chi connectivity index (χ4v) is 4.29. The average Bonchev–Trinajstić information content (AvgIpc) is 2.89. The maximum atomic E-state index is 12.7. The molecular weight excluding hydrogens is 442 g/mol.